The Morgan fingerprint density at radius 3 is 2.40 bits per heavy atom. The van der Waals surface area contributed by atoms with Gasteiger partial charge >= 0.3 is 6.36 Å². The molecule has 1 aromatic heterocycles. The van der Waals surface area contributed by atoms with E-state index < -0.39 is 24.1 Å². The molecule has 0 saturated heterocycles. The third kappa shape index (κ3) is 7.02. The van der Waals surface area contributed by atoms with Crippen LogP contribution in [0.25, 0.3) is 0 Å². The molecular formula is C21H22ClF3N2O3. The number of benzene rings is 1. The zero-order valence-corrected chi connectivity index (χ0v) is 17.7. The molecule has 30 heavy (non-hydrogen) atoms. The summed E-state index contributed by atoms with van der Waals surface area (Å²) in [6.45, 7) is 6.89. The first kappa shape index (κ1) is 23.7. The highest BCUT2D eigenvalue weighted by Gasteiger charge is 2.31. The predicted octanol–water partition coefficient (Wildman–Crippen LogP) is 5.20. The fraction of sp³-hybridized carbons (Fsp3) is 0.381. The SMILES string of the molecule is Cc1cc(C(=O)NC(C)c2cc(Cl)cc(OC(F)(F)F)c2)cc(CC(=O)C(C)C)n1. The average Bonchev–Trinajstić information content (AvgIpc) is 2.58. The molecule has 1 N–H and O–H groups in total. The first-order chi connectivity index (χ1) is 13.8. The third-order valence-corrected chi connectivity index (χ3v) is 4.46. The lowest BCUT2D eigenvalue weighted by Gasteiger charge is -2.17. The number of hydrogen-bond donors (Lipinski definition) is 1. The Morgan fingerprint density at radius 2 is 1.80 bits per heavy atom. The van der Waals surface area contributed by atoms with Gasteiger partial charge < -0.3 is 10.1 Å². The molecule has 0 bridgehead atoms. The number of nitrogens with zero attached hydrogens (tertiary/aromatic N) is 1. The van der Waals surface area contributed by atoms with Crippen LogP contribution in [0, 0.1) is 12.8 Å². The molecule has 1 heterocycles. The molecule has 2 rings (SSSR count). The number of pyridine rings is 1. The molecule has 0 aliphatic heterocycles. The topological polar surface area (TPSA) is 68.3 Å². The van der Waals surface area contributed by atoms with E-state index in [-0.39, 0.29) is 23.1 Å². The van der Waals surface area contributed by atoms with Crippen molar-refractivity contribution in [3.8, 4) is 5.75 Å². The maximum atomic E-state index is 12.7. The standard InChI is InChI=1S/C21H22ClF3N2O3/c1-11(2)19(28)10-17-7-15(5-12(3)26-17)20(29)27-13(4)14-6-16(22)9-18(8-14)30-21(23,24)25/h5-9,11,13H,10H2,1-4H3,(H,27,29). The molecule has 1 atom stereocenters. The van der Waals surface area contributed by atoms with Crippen molar-refractivity contribution in [1.82, 2.24) is 10.3 Å². The number of alkyl halides is 3. The smallest absolute Gasteiger partial charge is 0.406 e. The van der Waals surface area contributed by atoms with Gasteiger partial charge in [0.2, 0.25) is 0 Å². The second-order valence-corrected chi connectivity index (χ2v) is 7.69. The highest BCUT2D eigenvalue weighted by molar-refractivity contribution is 6.30. The van der Waals surface area contributed by atoms with Crippen LogP contribution in [0.1, 0.15) is 54.1 Å². The van der Waals surface area contributed by atoms with Crippen molar-refractivity contribution in [1.29, 1.82) is 0 Å². The van der Waals surface area contributed by atoms with Crippen LogP contribution in [-0.4, -0.2) is 23.0 Å². The fourth-order valence-electron chi connectivity index (χ4n) is 2.73. The van der Waals surface area contributed by atoms with Crippen molar-refractivity contribution in [3.05, 3.63) is 57.9 Å². The minimum absolute atomic E-state index is 0.00366. The van der Waals surface area contributed by atoms with Crippen molar-refractivity contribution in [2.45, 2.75) is 46.5 Å². The lowest BCUT2D eigenvalue weighted by molar-refractivity contribution is -0.274. The number of ether oxygens (including phenoxy) is 1. The number of Topliss-reactive ketones (excluding diaryl/α,β-unsaturated/α-hetero) is 1. The maximum Gasteiger partial charge on any atom is 0.573 e. The highest BCUT2D eigenvalue weighted by atomic mass is 35.5. The van der Waals surface area contributed by atoms with Crippen molar-refractivity contribution in [2.24, 2.45) is 5.92 Å². The number of rotatable bonds is 7. The molecule has 1 unspecified atom stereocenters. The molecule has 162 valence electrons. The molecule has 2 aromatic rings. The second kappa shape index (κ2) is 9.47. The van der Waals surface area contributed by atoms with E-state index in [0.29, 0.717) is 22.5 Å². The Balaban J connectivity index is 2.20. The minimum Gasteiger partial charge on any atom is -0.406 e. The summed E-state index contributed by atoms with van der Waals surface area (Å²) in [5.41, 5.74) is 1.70. The number of hydrogen-bond acceptors (Lipinski definition) is 4. The largest absolute Gasteiger partial charge is 0.573 e. The van der Waals surface area contributed by atoms with Gasteiger partial charge in [0.05, 0.1) is 6.04 Å². The van der Waals surface area contributed by atoms with Crippen LogP contribution in [0.3, 0.4) is 0 Å². The van der Waals surface area contributed by atoms with E-state index in [0.717, 1.165) is 12.1 Å². The summed E-state index contributed by atoms with van der Waals surface area (Å²) in [5.74, 6) is -1.07. The van der Waals surface area contributed by atoms with E-state index in [1.165, 1.54) is 12.1 Å². The number of aryl methyl sites for hydroxylation is 1. The molecule has 1 amide bonds. The van der Waals surface area contributed by atoms with Gasteiger partial charge in [0.15, 0.2) is 0 Å². The average molecular weight is 443 g/mol. The normalized spacial score (nSPS) is 12.6. The molecule has 0 aliphatic carbocycles. The zero-order valence-electron chi connectivity index (χ0n) is 16.9. The summed E-state index contributed by atoms with van der Waals surface area (Å²) in [5, 5.41) is 2.76. The Morgan fingerprint density at radius 1 is 1.13 bits per heavy atom. The quantitative estimate of drug-likeness (QED) is 0.639. The number of halogens is 4. The summed E-state index contributed by atoms with van der Waals surface area (Å²) in [6, 6.07) is 6.10. The zero-order chi connectivity index (χ0) is 22.6. The van der Waals surface area contributed by atoms with Gasteiger partial charge in [-0.25, -0.2) is 0 Å². The number of carbonyl (C=O) groups excluding carboxylic acids is 2. The van der Waals surface area contributed by atoms with E-state index in [1.54, 1.807) is 33.8 Å². The van der Waals surface area contributed by atoms with Crippen molar-refractivity contribution in [3.63, 3.8) is 0 Å². The summed E-state index contributed by atoms with van der Waals surface area (Å²) in [4.78, 5) is 29.0. The molecular weight excluding hydrogens is 421 g/mol. The number of nitrogens with one attached hydrogen (secondary N) is 1. The predicted molar refractivity (Wildman–Crippen MR) is 107 cm³/mol. The monoisotopic (exact) mass is 442 g/mol. The van der Waals surface area contributed by atoms with Crippen LogP contribution in [0.15, 0.2) is 30.3 Å². The summed E-state index contributed by atoms with van der Waals surface area (Å²) in [6.07, 6.45) is -4.74. The number of carbonyl (C=O) groups is 2. The van der Waals surface area contributed by atoms with Gasteiger partial charge in [0.1, 0.15) is 11.5 Å². The molecule has 0 radical (unpaired) electrons. The Bertz CT molecular complexity index is 946. The van der Waals surface area contributed by atoms with Crippen LogP contribution in [0.5, 0.6) is 5.75 Å². The second-order valence-electron chi connectivity index (χ2n) is 7.25. The molecule has 0 aliphatic rings. The Labute approximate surface area is 177 Å². The summed E-state index contributed by atoms with van der Waals surface area (Å²) in [7, 11) is 0. The third-order valence-electron chi connectivity index (χ3n) is 4.24. The van der Waals surface area contributed by atoms with E-state index in [4.69, 9.17) is 11.6 Å². The Hall–Kier alpha value is -2.61. The van der Waals surface area contributed by atoms with Gasteiger partial charge in [-0.3, -0.25) is 14.6 Å². The van der Waals surface area contributed by atoms with Gasteiger partial charge in [-0.1, -0.05) is 25.4 Å². The van der Waals surface area contributed by atoms with Gasteiger partial charge in [0, 0.05) is 34.3 Å². The van der Waals surface area contributed by atoms with Gasteiger partial charge in [-0.15, -0.1) is 13.2 Å². The van der Waals surface area contributed by atoms with Gasteiger partial charge in [0.25, 0.3) is 5.91 Å². The van der Waals surface area contributed by atoms with Gasteiger partial charge in [-0.2, -0.15) is 0 Å². The first-order valence-corrected chi connectivity index (χ1v) is 9.59. The molecule has 0 saturated carbocycles. The maximum absolute atomic E-state index is 12.7. The molecule has 9 heteroatoms. The lowest BCUT2D eigenvalue weighted by Crippen LogP contribution is -2.27. The van der Waals surface area contributed by atoms with Gasteiger partial charge in [-0.05, 0) is 49.7 Å². The summed E-state index contributed by atoms with van der Waals surface area (Å²) < 4.78 is 41.4. The molecule has 0 spiro atoms. The van der Waals surface area contributed by atoms with Crippen LogP contribution in [0.4, 0.5) is 13.2 Å². The highest BCUT2D eigenvalue weighted by Crippen LogP contribution is 2.29. The van der Waals surface area contributed by atoms with Crippen LogP contribution >= 0.6 is 11.6 Å². The van der Waals surface area contributed by atoms with Crippen molar-refractivity contribution >= 4 is 23.3 Å². The van der Waals surface area contributed by atoms with Crippen LogP contribution in [-0.2, 0) is 11.2 Å². The van der Waals surface area contributed by atoms with E-state index >= 15 is 0 Å². The van der Waals surface area contributed by atoms with E-state index in [2.05, 4.69) is 15.0 Å². The fourth-order valence-corrected chi connectivity index (χ4v) is 2.97. The number of ketones is 1. The van der Waals surface area contributed by atoms with Crippen LogP contribution in [0.2, 0.25) is 5.02 Å². The van der Waals surface area contributed by atoms with E-state index in [9.17, 15) is 22.8 Å². The number of amides is 1. The van der Waals surface area contributed by atoms with E-state index in [1.807, 2.05) is 0 Å². The number of aromatic nitrogens is 1. The lowest BCUT2D eigenvalue weighted by atomic mass is 10.0. The Kier molecular flexibility index (Phi) is 7.47. The first-order valence-electron chi connectivity index (χ1n) is 9.21. The van der Waals surface area contributed by atoms with Crippen molar-refractivity contribution in [2.75, 3.05) is 0 Å². The van der Waals surface area contributed by atoms with Crippen LogP contribution < -0.4 is 10.1 Å². The molecule has 5 nitrogen and oxygen atoms in total. The van der Waals surface area contributed by atoms with Crippen molar-refractivity contribution < 1.29 is 27.5 Å². The molecule has 1 aromatic carbocycles. The summed E-state index contributed by atoms with van der Waals surface area (Å²) >= 11 is 5.89. The molecule has 0 fully saturated rings. The minimum atomic E-state index is -4.85.